The van der Waals surface area contributed by atoms with Crippen LogP contribution in [-0.4, -0.2) is 28.4 Å². The Morgan fingerprint density at radius 3 is 3.10 bits per heavy atom. The number of benzene rings is 1. The van der Waals surface area contributed by atoms with Crippen molar-refractivity contribution in [1.29, 1.82) is 0 Å². The first kappa shape index (κ1) is 14.1. The normalized spacial score (nSPS) is 17.5. The van der Waals surface area contributed by atoms with Gasteiger partial charge in [-0.1, -0.05) is 6.07 Å². The molecule has 0 amide bonds. The molecule has 2 aromatic rings. The minimum Gasteiger partial charge on any atom is -0.497 e. The zero-order valence-corrected chi connectivity index (χ0v) is 12.7. The molecule has 0 bridgehead atoms. The van der Waals surface area contributed by atoms with Gasteiger partial charge in [0, 0.05) is 26.1 Å². The Labute approximate surface area is 125 Å². The van der Waals surface area contributed by atoms with Crippen LogP contribution in [0.2, 0.25) is 0 Å². The fourth-order valence-electron chi connectivity index (χ4n) is 3.01. The van der Waals surface area contributed by atoms with E-state index in [-0.39, 0.29) is 0 Å². The molecular weight excluding hydrogens is 264 g/mol. The second-order valence-corrected chi connectivity index (χ2v) is 5.57. The van der Waals surface area contributed by atoms with Crippen LogP contribution in [0.4, 0.5) is 0 Å². The zero-order chi connectivity index (χ0) is 14.7. The van der Waals surface area contributed by atoms with E-state index in [0.717, 1.165) is 24.5 Å². The molecule has 5 heteroatoms. The number of nitrogens with one attached hydrogen (secondary N) is 1. The number of nitrogens with zero attached hydrogens (tertiary/aromatic N) is 3. The fraction of sp³-hybridized carbons (Fsp3) is 0.500. The smallest absolute Gasteiger partial charge is 0.133 e. The first-order chi connectivity index (χ1) is 10.3. The number of rotatable bonds is 5. The summed E-state index contributed by atoms with van der Waals surface area (Å²) in [5.74, 6) is 1.96. The molecule has 0 fully saturated rings. The Morgan fingerprint density at radius 2 is 2.33 bits per heavy atom. The van der Waals surface area contributed by atoms with Crippen LogP contribution in [-0.2, 0) is 19.9 Å². The molecule has 1 N–H and O–H groups in total. The molecule has 3 rings (SSSR count). The standard InChI is InChI=1S/C16H22N4O/c1-20-11-18-19-16(20)8-9-17-15-5-3-4-12-6-7-13(21-2)10-14(12)15/h6-7,10-11,15,17H,3-5,8-9H2,1-2H3. The molecule has 112 valence electrons. The van der Waals surface area contributed by atoms with Crippen LogP contribution in [0.15, 0.2) is 24.5 Å². The maximum absolute atomic E-state index is 5.36. The van der Waals surface area contributed by atoms with Gasteiger partial charge < -0.3 is 14.6 Å². The molecule has 0 saturated carbocycles. The van der Waals surface area contributed by atoms with E-state index in [1.807, 2.05) is 11.6 Å². The summed E-state index contributed by atoms with van der Waals surface area (Å²) in [5, 5.41) is 11.7. The van der Waals surface area contributed by atoms with Crippen molar-refractivity contribution in [3.05, 3.63) is 41.5 Å². The number of hydrogen-bond donors (Lipinski definition) is 1. The third-order valence-electron chi connectivity index (χ3n) is 4.21. The maximum Gasteiger partial charge on any atom is 0.133 e. The summed E-state index contributed by atoms with van der Waals surface area (Å²) in [6.45, 7) is 0.911. The summed E-state index contributed by atoms with van der Waals surface area (Å²) >= 11 is 0. The SMILES string of the molecule is COc1ccc2c(c1)C(NCCc1nncn1C)CCC2. The molecule has 1 unspecified atom stereocenters. The Bertz CT molecular complexity index is 608. The van der Waals surface area contributed by atoms with Crippen LogP contribution in [0.25, 0.3) is 0 Å². The van der Waals surface area contributed by atoms with Crippen molar-refractivity contribution in [2.24, 2.45) is 7.05 Å². The van der Waals surface area contributed by atoms with E-state index in [2.05, 4.69) is 33.7 Å². The van der Waals surface area contributed by atoms with E-state index in [1.54, 1.807) is 13.4 Å². The third kappa shape index (κ3) is 3.08. The summed E-state index contributed by atoms with van der Waals surface area (Å²) < 4.78 is 7.33. The van der Waals surface area contributed by atoms with E-state index in [9.17, 15) is 0 Å². The quantitative estimate of drug-likeness (QED) is 0.914. The van der Waals surface area contributed by atoms with Gasteiger partial charge in [0.15, 0.2) is 0 Å². The first-order valence-electron chi connectivity index (χ1n) is 7.51. The van der Waals surface area contributed by atoms with Crippen molar-refractivity contribution in [2.75, 3.05) is 13.7 Å². The Kier molecular flexibility index (Phi) is 4.20. The van der Waals surface area contributed by atoms with Crippen LogP contribution in [0.3, 0.4) is 0 Å². The van der Waals surface area contributed by atoms with E-state index in [0.29, 0.717) is 6.04 Å². The molecule has 0 radical (unpaired) electrons. The van der Waals surface area contributed by atoms with Gasteiger partial charge in [-0.15, -0.1) is 10.2 Å². The Balaban J connectivity index is 1.66. The van der Waals surface area contributed by atoms with E-state index < -0.39 is 0 Å². The summed E-state index contributed by atoms with van der Waals surface area (Å²) in [4.78, 5) is 0. The van der Waals surface area contributed by atoms with E-state index in [4.69, 9.17) is 4.74 Å². The molecule has 1 aliphatic carbocycles. The second-order valence-electron chi connectivity index (χ2n) is 5.57. The highest BCUT2D eigenvalue weighted by Gasteiger charge is 2.20. The van der Waals surface area contributed by atoms with Crippen LogP contribution in [0.1, 0.15) is 35.8 Å². The van der Waals surface area contributed by atoms with Crippen molar-refractivity contribution in [3.63, 3.8) is 0 Å². The lowest BCUT2D eigenvalue weighted by molar-refractivity contribution is 0.408. The number of aryl methyl sites for hydroxylation is 2. The Hall–Kier alpha value is -1.88. The number of methoxy groups -OCH3 is 1. The van der Waals surface area contributed by atoms with Crippen molar-refractivity contribution in [3.8, 4) is 5.75 Å². The molecule has 1 aliphatic rings. The van der Waals surface area contributed by atoms with Gasteiger partial charge in [-0.3, -0.25) is 0 Å². The van der Waals surface area contributed by atoms with Gasteiger partial charge in [0.25, 0.3) is 0 Å². The minimum absolute atomic E-state index is 0.414. The van der Waals surface area contributed by atoms with Crippen LogP contribution in [0, 0.1) is 0 Å². The molecule has 0 saturated heterocycles. The summed E-state index contributed by atoms with van der Waals surface area (Å²) in [6.07, 6.45) is 6.23. The molecule has 0 spiro atoms. The summed E-state index contributed by atoms with van der Waals surface area (Å²) in [7, 11) is 3.71. The van der Waals surface area contributed by atoms with Crippen molar-refractivity contribution in [2.45, 2.75) is 31.7 Å². The molecule has 1 atom stereocenters. The van der Waals surface area contributed by atoms with Crippen LogP contribution < -0.4 is 10.1 Å². The highest BCUT2D eigenvalue weighted by molar-refractivity contribution is 5.39. The molecular formula is C16H22N4O. The van der Waals surface area contributed by atoms with Crippen molar-refractivity contribution in [1.82, 2.24) is 20.1 Å². The number of aromatic nitrogens is 3. The van der Waals surface area contributed by atoms with Gasteiger partial charge in [0.2, 0.25) is 0 Å². The summed E-state index contributed by atoms with van der Waals surface area (Å²) in [5.41, 5.74) is 2.83. The first-order valence-corrected chi connectivity index (χ1v) is 7.51. The maximum atomic E-state index is 5.36. The van der Waals surface area contributed by atoms with Gasteiger partial charge in [-0.05, 0) is 42.5 Å². The van der Waals surface area contributed by atoms with Crippen molar-refractivity contribution >= 4 is 0 Å². The average molecular weight is 286 g/mol. The predicted molar refractivity (Wildman–Crippen MR) is 81.4 cm³/mol. The predicted octanol–water partition coefficient (Wildman–Crippen LogP) is 2.03. The monoisotopic (exact) mass is 286 g/mol. The molecule has 1 heterocycles. The van der Waals surface area contributed by atoms with Gasteiger partial charge >= 0.3 is 0 Å². The number of hydrogen-bond acceptors (Lipinski definition) is 4. The highest BCUT2D eigenvalue weighted by Crippen LogP contribution is 2.32. The van der Waals surface area contributed by atoms with E-state index in [1.165, 1.54) is 30.4 Å². The van der Waals surface area contributed by atoms with Crippen LogP contribution in [0.5, 0.6) is 5.75 Å². The lowest BCUT2D eigenvalue weighted by Crippen LogP contribution is -2.27. The molecule has 0 aliphatic heterocycles. The lowest BCUT2D eigenvalue weighted by Gasteiger charge is -2.27. The average Bonchev–Trinajstić information content (AvgIpc) is 2.92. The molecule has 21 heavy (non-hydrogen) atoms. The largest absolute Gasteiger partial charge is 0.497 e. The third-order valence-corrected chi connectivity index (χ3v) is 4.21. The van der Waals surface area contributed by atoms with Gasteiger partial charge in [0.05, 0.1) is 7.11 Å². The van der Waals surface area contributed by atoms with Crippen molar-refractivity contribution < 1.29 is 4.74 Å². The molecule has 1 aromatic carbocycles. The molecule has 5 nitrogen and oxygen atoms in total. The number of ether oxygens (including phenoxy) is 1. The zero-order valence-electron chi connectivity index (χ0n) is 12.7. The van der Waals surface area contributed by atoms with Gasteiger partial charge in [-0.2, -0.15) is 0 Å². The van der Waals surface area contributed by atoms with Crippen LogP contribution >= 0.6 is 0 Å². The minimum atomic E-state index is 0.414. The van der Waals surface area contributed by atoms with Gasteiger partial charge in [-0.25, -0.2) is 0 Å². The number of fused-ring (bicyclic) bond motifs is 1. The second kappa shape index (κ2) is 6.26. The highest BCUT2D eigenvalue weighted by atomic mass is 16.5. The Morgan fingerprint density at radius 1 is 1.43 bits per heavy atom. The van der Waals surface area contributed by atoms with Gasteiger partial charge in [0.1, 0.15) is 17.9 Å². The molecule has 1 aromatic heterocycles. The van der Waals surface area contributed by atoms with E-state index >= 15 is 0 Å². The fourth-order valence-corrected chi connectivity index (χ4v) is 3.01. The summed E-state index contributed by atoms with van der Waals surface area (Å²) in [6, 6.07) is 6.84. The lowest BCUT2D eigenvalue weighted by atomic mass is 9.87. The topological polar surface area (TPSA) is 52.0 Å².